The molecule has 1 N–H and O–H groups in total. The maximum absolute atomic E-state index is 12.9. The Bertz CT molecular complexity index is 873. The summed E-state index contributed by atoms with van der Waals surface area (Å²) in [5.74, 6) is -0.0637. The lowest BCUT2D eigenvalue weighted by Gasteiger charge is -2.19. The molecule has 1 saturated heterocycles. The largest absolute Gasteiger partial charge is 0.495 e. The Labute approximate surface area is 157 Å². The highest BCUT2D eigenvalue weighted by Gasteiger charge is 2.30. The number of thiophene rings is 1. The highest BCUT2D eigenvalue weighted by molar-refractivity contribution is 7.89. The molecule has 1 atom stereocenters. The van der Waals surface area contributed by atoms with Gasteiger partial charge < -0.3 is 10.1 Å². The standard InChI is InChI=1S/C18H22N2O4S2/c1-13(16-6-5-11-25-16)19-18(21)14-7-8-15(24-2)17(12-14)26(22,23)20-9-3-4-10-20/h5-8,11-13H,3-4,9-10H2,1-2H3,(H,19,21). The number of rotatable bonds is 6. The quantitative estimate of drug-likeness (QED) is 0.817. The predicted molar refractivity (Wildman–Crippen MR) is 101 cm³/mol. The number of ether oxygens (including phenoxy) is 1. The van der Waals surface area contributed by atoms with Gasteiger partial charge in [-0.2, -0.15) is 4.31 Å². The maximum Gasteiger partial charge on any atom is 0.251 e. The van der Waals surface area contributed by atoms with Crippen molar-refractivity contribution in [3.05, 3.63) is 46.2 Å². The lowest BCUT2D eigenvalue weighted by molar-refractivity contribution is 0.0940. The van der Waals surface area contributed by atoms with Gasteiger partial charge in [-0.15, -0.1) is 11.3 Å². The third-order valence-electron chi connectivity index (χ3n) is 4.43. The smallest absolute Gasteiger partial charge is 0.251 e. The topological polar surface area (TPSA) is 75.7 Å². The number of benzene rings is 1. The van der Waals surface area contributed by atoms with Gasteiger partial charge in [0.25, 0.3) is 5.91 Å². The molecule has 1 aliphatic rings. The van der Waals surface area contributed by atoms with Crippen LogP contribution in [0.1, 0.15) is 41.0 Å². The first-order valence-electron chi connectivity index (χ1n) is 8.46. The molecule has 1 unspecified atom stereocenters. The van der Waals surface area contributed by atoms with Crippen molar-refractivity contribution in [3.63, 3.8) is 0 Å². The van der Waals surface area contributed by atoms with E-state index in [0.717, 1.165) is 17.7 Å². The van der Waals surface area contributed by atoms with E-state index in [2.05, 4.69) is 5.32 Å². The molecule has 26 heavy (non-hydrogen) atoms. The van der Waals surface area contributed by atoms with Gasteiger partial charge in [0.05, 0.1) is 13.2 Å². The molecular weight excluding hydrogens is 372 g/mol. The first kappa shape index (κ1) is 18.9. The summed E-state index contributed by atoms with van der Waals surface area (Å²) in [5, 5.41) is 4.86. The molecular formula is C18H22N2O4S2. The number of sulfonamides is 1. The second kappa shape index (κ2) is 7.77. The van der Waals surface area contributed by atoms with E-state index >= 15 is 0 Å². The van der Waals surface area contributed by atoms with E-state index in [0.29, 0.717) is 18.7 Å². The summed E-state index contributed by atoms with van der Waals surface area (Å²) in [6.45, 7) is 2.89. The van der Waals surface area contributed by atoms with Gasteiger partial charge in [-0.3, -0.25) is 4.79 Å². The molecule has 140 valence electrons. The van der Waals surface area contributed by atoms with Crippen molar-refractivity contribution < 1.29 is 17.9 Å². The summed E-state index contributed by atoms with van der Waals surface area (Å²) in [4.78, 5) is 13.7. The van der Waals surface area contributed by atoms with Crippen molar-refractivity contribution in [1.82, 2.24) is 9.62 Å². The molecule has 2 aromatic rings. The molecule has 1 amide bonds. The second-order valence-corrected chi connectivity index (χ2v) is 9.07. The van der Waals surface area contributed by atoms with Crippen LogP contribution in [-0.4, -0.2) is 38.8 Å². The number of carbonyl (C=O) groups excluding carboxylic acids is 1. The summed E-state index contributed by atoms with van der Waals surface area (Å²) < 4.78 is 32.5. The van der Waals surface area contributed by atoms with Crippen LogP contribution in [0.25, 0.3) is 0 Å². The second-order valence-electron chi connectivity index (χ2n) is 6.19. The summed E-state index contributed by atoms with van der Waals surface area (Å²) in [7, 11) is -2.25. The van der Waals surface area contributed by atoms with Crippen LogP contribution in [0.5, 0.6) is 5.75 Å². The molecule has 1 aliphatic heterocycles. The fourth-order valence-corrected chi connectivity index (χ4v) is 5.41. The number of nitrogens with one attached hydrogen (secondary N) is 1. The van der Waals surface area contributed by atoms with Crippen molar-refractivity contribution in [2.75, 3.05) is 20.2 Å². The van der Waals surface area contributed by atoms with Gasteiger partial charge in [0.2, 0.25) is 10.0 Å². The molecule has 1 aromatic carbocycles. The normalized spacial score (nSPS) is 16.4. The van der Waals surface area contributed by atoms with E-state index in [1.165, 1.54) is 23.5 Å². The summed E-state index contributed by atoms with van der Waals surface area (Å²) in [6, 6.07) is 8.25. The maximum atomic E-state index is 12.9. The number of methoxy groups -OCH3 is 1. The Kier molecular flexibility index (Phi) is 5.64. The van der Waals surface area contributed by atoms with E-state index in [9.17, 15) is 13.2 Å². The molecule has 1 aromatic heterocycles. The summed E-state index contributed by atoms with van der Waals surface area (Å²) in [5.41, 5.74) is 0.298. The minimum Gasteiger partial charge on any atom is -0.495 e. The molecule has 3 rings (SSSR count). The predicted octanol–water partition coefficient (Wildman–Crippen LogP) is 3.03. The molecule has 0 spiro atoms. The van der Waals surface area contributed by atoms with E-state index in [-0.39, 0.29) is 22.6 Å². The van der Waals surface area contributed by atoms with E-state index in [1.54, 1.807) is 17.4 Å². The van der Waals surface area contributed by atoms with Gasteiger partial charge in [-0.25, -0.2) is 8.42 Å². The van der Waals surface area contributed by atoms with Gasteiger partial charge in [0, 0.05) is 23.5 Å². The third-order valence-corrected chi connectivity index (χ3v) is 7.40. The number of nitrogens with zero attached hydrogens (tertiary/aromatic N) is 1. The molecule has 0 aliphatic carbocycles. The zero-order chi connectivity index (χ0) is 18.7. The Morgan fingerprint density at radius 3 is 2.62 bits per heavy atom. The number of carbonyl (C=O) groups is 1. The first-order valence-corrected chi connectivity index (χ1v) is 10.8. The first-order chi connectivity index (χ1) is 12.4. The van der Waals surface area contributed by atoms with E-state index < -0.39 is 10.0 Å². The van der Waals surface area contributed by atoms with Crippen molar-refractivity contribution in [3.8, 4) is 5.75 Å². The van der Waals surface area contributed by atoms with Gasteiger partial charge in [0.1, 0.15) is 10.6 Å². The summed E-state index contributed by atoms with van der Waals surface area (Å²) in [6.07, 6.45) is 1.69. The molecule has 1 fully saturated rings. The monoisotopic (exact) mass is 394 g/mol. The summed E-state index contributed by atoms with van der Waals surface area (Å²) >= 11 is 1.56. The Hall–Kier alpha value is -1.90. The molecule has 0 bridgehead atoms. The minimum atomic E-state index is -3.68. The van der Waals surface area contributed by atoms with Gasteiger partial charge in [-0.05, 0) is 49.4 Å². The average molecular weight is 395 g/mol. The highest BCUT2D eigenvalue weighted by atomic mass is 32.2. The third kappa shape index (κ3) is 3.77. The number of hydrogen-bond donors (Lipinski definition) is 1. The van der Waals surface area contributed by atoms with Crippen molar-refractivity contribution in [2.24, 2.45) is 0 Å². The molecule has 0 radical (unpaired) electrons. The molecule has 2 heterocycles. The van der Waals surface area contributed by atoms with Crippen LogP contribution in [-0.2, 0) is 10.0 Å². The number of amides is 1. The Morgan fingerprint density at radius 1 is 1.27 bits per heavy atom. The van der Waals surface area contributed by atoms with Crippen LogP contribution in [0.2, 0.25) is 0 Å². The van der Waals surface area contributed by atoms with Crippen LogP contribution in [0.4, 0.5) is 0 Å². The van der Waals surface area contributed by atoms with Crippen LogP contribution in [0, 0.1) is 0 Å². The fourth-order valence-electron chi connectivity index (χ4n) is 2.98. The number of hydrogen-bond acceptors (Lipinski definition) is 5. The van der Waals surface area contributed by atoms with E-state index in [1.807, 2.05) is 24.4 Å². The van der Waals surface area contributed by atoms with Crippen molar-refractivity contribution in [2.45, 2.75) is 30.7 Å². The van der Waals surface area contributed by atoms with E-state index in [4.69, 9.17) is 4.74 Å². The average Bonchev–Trinajstić information content (AvgIpc) is 3.34. The Balaban J connectivity index is 1.88. The van der Waals surface area contributed by atoms with Gasteiger partial charge in [0.15, 0.2) is 0 Å². The lowest BCUT2D eigenvalue weighted by atomic mass is 10.2. The minimum absolute atomic E-state index is 0.0401. The highest BCUT2D eigenvalue weighted by Crippen LogP contribution is 2.30. The van der Waals surface area contributed by atoms with Crippen LogP contribution < -0.4 is 10.1 Å². The SMILES string of the molecule is COc1ccc(C(=O)NC(C)c2cccs2)cc1S(=O)(=O)N1CCCC1. The van der Waals surface area contributed by atoms with Gasteiger partial charge in [-0.1, -0.05) is 6.07 Å². The Morgan fingerprint density at radius 2 is 2.00 bits per heavy atom. The van der Waals surface area contributed by atoms with Crippen molar-refractivity contribution in [1.29, 1.82) is 0 Å². The van der Waals surface area contributed by atoms with Gasteiger partial charge >= 0.3 is 0 Å². The lowest BCUT2D eigenvalue weighted by Crippen LogP contribution is -2.29. The zero-order valence-electron chi connectivity index (χ0n) is 14.8. The molecule has 0 saturated carbocycles. The zero-order valence-corrected chi connectivity index (χ0v) is 16.4. The fraction of sp³-hybridized carbons (Fsp3) is 0.389. The van der Waals surface area contributed by atoms with Crippen molar-refractivity contribution >= 4 is 27.3 Å². The molecule has 6 nitrogen and oxygen atoms in total. The van der Waals surface area contributed by atoms with Crippen LogP contribution in [0.15, 0.2) is 40.6 Å². The van der Waals surface area contributed by atoms with Crippen LogP contribution in [0.3, 0.4) is 0 Å². The molecule has 8 heteroatoms. The van der Waals surface area contributed by atoms with Crippen LogP contribution >= 0.6 is 11.3 Å².